The number of nitrogens with zero attached hydrogens (tertiary/aromatic N) is 1. The Kier molecular flexibility index (Phi) is 11.8. The molecular formula is C31H43ClN4O4. The lowest BCUT2D eigenvalue weighted by molar-refractivity contribution is -0.129. The number of likely N-dealkylation sites (N-methyl/N-ethyl adjacent to an activating group) is 1. The highest BCUT2D eigenvalue weighted by molar-refractivity contribution is 6.30. The number of benzene rings is 2. The fourth-order valence-corrected chi connectivity index (χ4v) is 5.50. The van der Waals surface area contributed by atoms with E-state index in [-0.39, 0.29) is 36.6 Å². The highest BCUT2D eigenvalue weighted by Gasteiger charge is 2.38. The molecule has 1 aliphatic carbocycles. The number of ether oxygens (including phenoxy) is 1. The lowest BCUT2D eigenvalue weighted by Gasteiger charge is -2.45. The van der Waals surface area contributed by atoms with Crippen molar-refractivity contribution in [3.05, 3.63) is 70.7 Å². The standard InChI is InChI=1S/C31H43ClN4O4/c1-22(2)17-27(35-28(37)20-33-30(39)40-21-23-9-6-5-7-10-23)29(38)34-26-13-15-31(16-14-26,36(3)4)19-24-11-8-12-25(32)18-24/h5-12,18,22,26-27H,13-17,19-21H2,1-4H3,(H,33,39)(H,34,38)(H,35,37). The van der Waals surface area contributed by atoms with E-state index in [1.54, 1.807) is 0 Å². The first-order chi connectivity index (χ1) is 19.1. The highest BCUT2D eigenvalue weighted by Crippen LogP contribution is 2.36. The molecule has 1 fully saturated rings. The molecule has 3 amide bonds. The molecule has 0 saturated heterocycles. The smallest absolute Gasteiger partial charge is 0.407 e. The summed E-state index contributed by atoms with van der Waals surface area (Å²) in [4.78, 5) is 40.1. The second-order valence-electron chi connectivity index (χ2n) is 11.4. The van der Waals surface area contributed by atoms with E-state index in [1.165, 1.54) is 5.56 Å². The molecule has 8 nitrogen and oxygen atoms in total. The number of carbonyl (C=O) groups excluding carboxylic acids is 3. The normalized spacial score (nSPS) is 19.6. The maximum atomic E-state index is 13.2. The van der Waals surface area contributed by atoms with Gasteiger partial charge in [-0.15, -0.1) is 0 Å². The number of carbonyl (C=O) groups is 3. The van der Waals surface area contributed by atoms with Crippen LogP contribution in [0.5, 0.6) is 0 Å². The Hall–Kier alpha value is -3.10. The summed E-state index contributed by atoms with van der Waals surface area (Å²) in [6.07, 6.45) is 4.28. The zero-order valence-electron chi connectivity index (χ0n) is 24.0. The van der Waals surface area contributed by atoms with Gasteiger partial charge < -0.3 is 25.6 Å². The van der Waals surface area contributed by atoms with E-state index < -0.39 is 18.0 Å². The van der Waals surface area contributed by atoms with Crippen LogP contribution in [0.2, 0.25) is 5.02 Å². The van der Waals surface area contributed by atoms with Crippen LogP contribution in [0, 0.1) is 5.92 Å². The van der Waals surface area contributed by atoms with Crippen LogP contribution in [0.4, 0.5) is 4.79 Å². The number of rotatable bonds is 12. The minimum atomic E-state index is -0.687. The first kappa shape index (κ1) is 31.4. The Morgan fingerprint density at radius 1 is 1.02 bits per heavy atom. The molecule has 0 bridgehead atoms. The van der Waals surface area contributed by atoms with Crippen molar-refractivity contribution in [3.63, 3.8) is 0 Å². The molecule has 218 valence electrons. The molecule has 0 radical (unpaired) electrons. The van der Waals surface area contributed by atoms with Gasteiger partial charge in [0.05, 0.1) is 0 Å². The van der Waals surface area contributed by atoms with Gasteiger partial charge in [-0.2, -0.15) is 0 Å². The van der Waals surface area contributed by atoms with E-state index in [4.69, 9.17) is 16.3 Å². The monoisotopic (exact) mass is 570 g/mol. The molecule has 3 N–H and O–H groups in total. The van der Waals surface area contributed by atoms with Crippen molar-refractivity contribution in [2.24, 2.45) is 5.92 Å². The van der Waals surface area contributed by atoms with Crippen molar-refractivity contribution in [1.82, 2.24) is 20.9 Å². The van der Waals surface area contributed by atoms with E-state index in [9.17, 15) is 14.4 Å². The fourth-order valence-electron chi connectivity index (χ4n) is 5.29. The van der Waals surface area contributed by atoms with E-state index in [1.807, 2.05) is 62.4 Å². The second kappa shape index (κ2) is 15.1. The van der Waals surface area contributed by atoms with Crippen molar-refractivity contribution >= 4 is 29.5 Å². The lowest BCUT2D eigenvalue weighted by Crippen LogP contribution is -2.55. The van der Waals surface area contributed by atoms with E-state index in [2.05, 4.69) is 41.0 Å². The van der Waals surface area contributed by atoms with Gasteiger partial charge in [-0.1, -0.05) is 67.9 Å². The maximum absolute atomic E-state index is 13.2. The summed E-state index contributed by atoms with van der Waals surface area (Å²) < 4.78 is 5.15. The first-order valence-corrected chi connectivity index (χ1v) is 14.4. The third-order valence-electron chi connectivity index (χ3n) is 7.60. The minimum Gasteiger partial charge on any atom is -0.445 e. The van der Waals surface area contributed by atoms with Crippen molar-refractivity contribution in [3.8, 4) is 0 Å². The molecule has 0 spiro atoms. The van der Waals surface area contributed by atoms with Crippen LogP contribution in [0.25, 0.3) is 0 Å². The van der Waals surface area contributed by atoms with Crippen LogP contribution in [0.3, 0.4) is 0 Å². The molecule has 1 atom stereocenters. The van der Waals surface area contributed by atoms with Crippen LogP contribution >= 0.6 is 11.6 Å². The quantitative estimate of drug-likeness (QED) is 0.343. The molecule has 1 aliphatic rings. The molecule has 3 rings (SSSR count). The van der Waals surface area contributed by atoms with Gasteiger partial charge in [0.25, 0.3) is 0 Å². The number of halogens is 1. The molecule has 40 heavy (non-hydrogen) atoms. The average molecular weight is 571 g/mol. The molecule has 2 aromatic carbocycles. The predicted octanol–water partition coefficient (Wildman–Crippen LogP) is 4.70. The molecule has 9 heteroatoms. The zero-order valence-corrected chi connectivity index (χ0v) is 24.8. The van der Waals surface area contributed by atoms with Gasteiger partial charge in [0.15, 0.2) is 0 Å². The summed E-state index contributed by atoms with van der Waals surface area (Å²) in [6, 6.07) is 16.7. The fraction of sp³-hybridized carbons (Fsp3) is 0.516. The maximum Gasteiger partial charge on any atom is 0.407 e. The minimum absolute atomic E-state index is 0.00174. The van der Waals surface area contributed by atoms with Crippen molar-refractivity contribution in [2.75, 3.05) is 20.6 Å². The number of alkyl carbamates (subject to hydrolysis) is 1. The van der Waals surface area contributed by atoms with Gasteiger partial charge in [0.2, 0.25) is 11.8 Å². The summed E-state index contributed by atoms with van der Waals surface area (Å²) in [5, 5.41) is 9.17. The Morgan fingerprint density at radius 2 is 1.70 bits per heavy atom. The molecule has 1 saturated carbocycles. The average Bonchev–Trinajstić information content (AvgIpc) is 2.91. The van der Waals surface area contributed by atoms with Gasteiger partial charge in [-0.25, -0.2) is 4.79 Å². The summed E-state index contributed by atoms with van der Waals surface area (Å²) in [5.74, 6) is -0.426. The van der Waals surface area contributed by atoms with E-state index >= 15 is 0 Å². The van der Waals surface area contributed by atoms with Crippen LogP contribution in [-0.2, 0) is 27.4 Å². The number of hydrogen-bond donors (Lipinski definition) is 3. The number of nitrogens with one attached hydrogen (secondary N) is 3. The Morgan fingerprint density at radius 3 is 2.33 bits per heavy atom. The second-order valence-corrected chi connectivity index (χ2v) is 11.8. The lowest BCUT2D eigenvalue weighted by atomic mass is 9.74. The summed E-state index contributed by atoms with van der Waals surface area (Å²) >= 11 is 6.22. The summed E-state index contributed by atoms with van der Waals surface area (Å²) in [7, 11) is 4.23. The molecule has 0 heterocycles. The van der Waals surface area contributed by atoms with E-state index in [0.29, 0.717) is 6.42 Å². The highest BCUT2D eigenvalue weighted by atomic mass is 35.5. The summed E-state index contributed by atoms with van der Waals surface area (Å²) in [6.45, 7) is 3.86. The largest absolute Gasteiger partial charge is 0.445 e. The summed E-state index contributed by atoms with van der Waals surface area (Å²) in [5.41, 5.74) is 2.06. The first-order valence-electron chi connectivity index (χ1n) is 14.0. The van der Waals surface area contributed by atoms with Crippen molar-refractivity contribution < 1.29 is 19.1 Å². The third-order valence-corrected chi connectivity index (χ3v) is 7.83. The van der Waals surface area contributed by atoms with Crippen molar-refractivity contribution in [2.45, 2.75) is 76.6 Å². The van der Waals surface area contributed by atoms with Crippen LogP contribution in [-0.4, -0.2) is 61.1 Å². The van der Waals surface area contributed by atoms with Crippen molar-refractivity contribution in [1.29, 1.82) is 0 Å². The molecule has 1 unspecified atom stereocenters. The Labute approximate surface area is 243 Å². The van der Waals surface area contributed by atoms with Gasteiger partial charge >= 0.3 is 6.09 Å². The zero-order chi connectivity index (χ0) is 29.1. The molecule has 0 aliphatic heterocycles. The van der Waals surface area contributed by atoms with Crippen LogP contribution in [0.15, 0.2) is 54.6 Å². The number of amides is 3. The predicted molar refractivity (Wildman–Crippen MR) is 158 cm³/mol. The molecule has 2 aromatic rings. The van der Waals surface area contributed by atoms with E-state index in [0.717, 1.165) is 42.7 Å². The Balaban J connectivity index is 1.49. The SMILES string of the molecule is CC(C)CC(NC(=O)CNC(=O)OCc1ccccc1)C(=O)NC1CCC(Cc2cccc(Cl)c2)(N(C)C)CC1. The Bertz CT molecular complexity index is 1120. The van der Waals surface area contributed by atoms with Gasteiger partial charge in [-0.05, 0) is 81.8 Å². The van der Waals surface area contributed by atoms with Crippen LogP contribution < -0.4 is 16.0 Å². The topological polar surface area (TPSA) is 99.8 Å². The third kappa shape index (κ3) is 9.82. The van der Waals surface area contributed by atoms with Gasteiger partial charge in [0, 0.05) is 16.6 Å². The van der Waals surface area contributed by atoms with Gasteiger partial charge in [-0.3, -0.25) is 9.59 Å². The molecular weight excluding hydrogens is 528 g/mol. The van der Waals surface area contributed by atoms with Gasteiger partial charge in [0.1, 0.15) is 19.2 Å². The van der Waals surface area contributed by atoms with Crippen LogP contribution in [0.1, 0.15) is 57.1 Å². The molecule has 0 aromatic heterocycles. The number of hydrogen-bond acceptors (Lipinski definition) is 5.